The fraction of sp³-hybridized carbons (Fsp3) is 0.474. The van der Waals surface area contributed by atoms with Gasteiger partial charge in [-0.1, -0.05) is 23.5 Å². The summed E-state index contributed by atoms with van der Waals surface area (Å²) in [6.07, 6.45) is 0. The third kappa shape index (κ3) is 3.19. The number of methoxy groups -OCH3 is 2. The molecule has 1 aromatic carbocycles. The summed E-state index contributed by atoms with van der Waals surface area (Å²) in [5.74, 6) is 2.13. The van der Waals surface area contributed by atoms with E-state index in [-0.39, 0.29) is 11.9 Å². The van der Waals surface area contributed by atoms with Crippen LogP contribution in [0.5, 0.6) is 17.4 Å². The normalized spacial score (nSPS) is 17.1. The molecule has 0 bridgehead atoms. The van der Waals surface area contributed by atoms with Crippen molar-refractivity contribution < 1.29 is 14.6 Å². The predicted molar refractivity (Wildman–Crippen MR) is 108 cm³/mol. The molecular weight excluding hydrogens is 378 g/mol. The van der Waals surface area contributed by atoms with E-state index in [1.807, 2.05) is 25.1 Å². The molecule has 150 valence electrons. The van der Waals surface area contributed by atoms with Gasteiger partial charge >= 0.3 is 0 Å². The minimum Gasteiger partial charge on any atom is -0.493 e. The summed E-state index contributed by atoms with van der Waals surface area (Å²) >= 11 is 1.46. The zero-order chi connectivity index (χ0) is 19.8. The molecule has 1 saturated heterocycles. The number of para-hydroxylation sites is 1. The average molecular weight is 404 g/mol. The quantitative estimate of drug-likeness (QED) is 0.700. The molecule has 4 rings (SSSR count). The highest BCUT2D eigenvalue weighted by molar-refractivity contribution is 7.17. The standard InChI is InChI=1S/C19H25N5O3S/c1-12-20-19-24(21-12)18(25)17(28-19)15(23-10-8-22(2)9-11-23)13-6-5-7-14(26-3)16(13)27-4/h5-7,15,25H,8-11H2,1-4H3/t15-/m0/s1. The average Bonchev–Trinajstić information content (AvgIpc) is 3.20. The van der Waals surface area contributed by atoms with Crippen LogP contribution < -0.4 is 9.47 Å². The molecule has 1 N–H and O–H groups in total. The van der Waals surface area contributed by atoms with Crippen molar-refractivity contribution in [3.05, 3.63) is 34.5 Å². The fourth-order valence-corrected chi connectivity index (χ4v) is 4.89. The van der Waals surface area contributed by atoms with Gasteiger partial charge in [-0.3, -0.25) is 4.90 Å². The highest BCUT2D eigenvalue weighted by Gasteiger charge is 2.33. The number of aryl methyl sites for hydroxylation is 1. The van der Waals surface area contributed by atoms with Crippen LogP contribution in [0.4, 0.5) is 0 Å². The monoisotopic (exact) mass is 403 g/mol. The number of hydrogen-bond donors (Lipinski definition) is 1. The lowest BCUT2D eigenvalue weighted by Crippen LogP contribution is -2.46. The summed E-state index contributed by atoms with van der Waals surface area (Å²) in [5, 5.41) is 15.3. The molecule has 3 aromatic rings. The van der Waals surface area contributed by atoms with Gasteiger partial charge < -0.3 is 19.5 Å². The zero-order valence-corrected chi connectivity index (χ0v) is 17.4. The van der Waals surface area contributed by atoms with E-state index in [1.54, 1.807) is 14.2 Å². The Labute approximate surface area is 167 Å². The Balaban J connectivity index is 1.87. The Kier molecular flexibility index (Phi) is 5.13. The van der Waals surface area contributed by atoms with Crippen LogP contribution >= 0.6 is 11.3 Å². The predicted octanol–water partition coefficient (Wildman–Crippen LogP) is 2.16. The van der Waals surface area contributed by atoms with Crippen molar-refractivity contribution in [2.75, 3.05) is 47.4 Å². The topological polar surface area (TPSA) is 75.4 Å². The summed E-state index contributed by atoms with van der Waals surface area (Å²) < 4.78 is 12.8. The Morgan fingerprint density at radius 2 is 1.89 bits per heavy atom. The van der Waals surface area contributed by atoms with Gasteiger partial charge in [-0.15, -0.1) is 5.10 Å². The van der Waals surface area contributed by atoms with Crippen molar-refractivity contribution in [1.29, 1.82) is 0 Å². The maximum atomic E-state index is 11.0. The number of benzene rings is 1. The minimum atomic E-state index is -0.174. The van der Waals surface area contributed by atoms with Crippen molar-refractivity contribution in [2.45, 2.75) is 13.0 Å². The molecule has 1 fully saturated rings. The summed E-state index contributed by atoms with van der Waals surface area (Å²) in [6, 6.07) is 5.70. The van der Waals surface area contributed by atoms with E-state index in [0.29, 0.717) is 22.3 Å². The second kappa shape index (κ2) is 7.57. The van der Waals surface area contributed by atoms with E-state index >= 15 is 0 Å². The first-order valence-electron chi connectivity index (χ1n) is 9.22. The van der Waals surface area contributed by atoms with Gasteiger partial charge in [0.1, 0.15) is 5.82 Å². The highest BCUT2D eigenvalue weighted by Crippen LogP contribution is 2.45. The first kappa shape index (κ1) is 19.0. The second-order valence-corrected chi connectivity index (χ2v) is 7.98. The van der Waals surface area contributed by atoms with Gasteiger partial charge in [-0.25, -0.2) is 4.98 Å². The van der Waals surface area contributed by atoms with Gasteiger partial charge in [-0.05, 0) is 20.0 Å². The molecule has 0 radical (unpaired) electrons. The molecule has 2 aromatic heterocycles. The van der Waals surface area contributed by atoms with Crippen molar-refractivity contribution >= 4 is 16.3 Å². The minimum absolute atomic E-state index is 0.134. The van der Waals surface area contributed by atoms with Crippen LogP contribution in [0.15, 0.2) is 18.2 Å². The third-order valence-electron chi connectivity index (χ3n) is 5.18. The number of ether oxygens (including phenoxy) is 2. The van der Waals surface area contributed by atoms with Crippen LogP contribution in [0.3, 0.4) is 0 Å². The summed E-state index contributed by atoms with van der Waals surface area (Å²) in [5.41, 5.74) is 0.961. The lowest BCUT2D eigenvalue weighted by Gasteiger charge is -2.38. The first-order valence-corrected chi connectivity index (χ1v) is 10.0. The van der Waals surface area contributed by atoms with Crippen LogP contribution in [-0.2, 0) is 0 Å². The molecule has 8 nitrogen and oxygen atoms in total. The summed E-state index contributed by atoms with van der Waals surface area (Å²) in [4.78, 5) is 10.6. The molecule has 3 heterocycles. The molecule has 9 heteroatoms. The fourth-order valence-electron chi connectivity index (χ4n) is 3.74. The summed E-state index contributed by atoms with van der Waals surface area (Å²) in [6.45, 7) is 5.51. The number of aromatic nitrogens is 3. The maximum Gasteiger partial charge on any atom is 0.230 e. The number of thiazole rings is 1. The number of piperazine rings is 1. The van der Waals surface area contributed by atoms with Crippen LogP contribution in [0, 0.1) is 6.92 Å². The molecule has 0 unspecified atom stereocenters. The van der Waals surface area contributed by atoms with Crippen molar-refractivity contribution in [1.82, 2.24) is 24.4 Å². The van der Waals surface area contributed by atoms with Gasteiger partial charge in [0.05, 0.1) is 25.1 Å². The maximum absolute atomic E-state index is 11.0. The lowest BCUT2D eigenvalue weighted by molar-refractivity contribution is 0.125. The number of rotatable bonds is 5. The van der Waals surface area contributed by atoms with E-state index in [9.17, 15) is 5.11 Å². The van der Waals surface area contributed by atoms with Crippen LogP contribution in [0.2, 0.25) is 0 Å². The largest absolute Gasteiger partial charge is 0.493 e. The number of aromatic hydroxyl groups is 1. The van der Waals surface area contributed by atoms with Crippen molar-refractivity contribution in [3.8, 4) is 17.4 Å². The van der Waals surface area contributed by atoms with Gasteiger partial charge in [0.2, 0.25) is 10.8 Å². The molecular formula is C19H25N5O3S. The van der Waals surface area contributed by atoms with Crippen LogP contribution in [0.25, 0.3) is 4.96 Å². The van der Waals surface area contributed by atoms with E-state index in [1.165, 1.54) is 15.9 Å². The lowest BCUT2D eigenvalue weighted by atomic mass is 10.0. The summed E-state index contributed by atoms with van der Waals surface area (Å²) in [7, 11) is 5.41. The molecule has 1 atom stereocenters. The van der Waals surface area contributed by atoms with Crippen LogP contribution in [-0.4, -0.2) is 77.0 Å². The Hall–Kier alpha value is -2.36. The highest BCUT2D eigenvalue weighted by atomic mass is 32.1. The van der Waals surface area contributed by atoms with Crippen molar-refractivity contribution in [2.24, 2.45) is 0 Å². The number of fused-ring (bicyclic) bond motifs is 1. The second-order valence-electron chi connectivity index (χ2n) is 6.97. The van der Waals surface area contributed by atoms with Gasteiger partial charge in [0.25, 0.3) is 0 Å². The van der Waals surface area contributed by atoms with E-state index in [4.69, 9.17) is 9.47 Å². The van der Waals surface area contributed by atoms with Crippen LogP contribution in [0.1, 0.15) is 22.3 Å². The van der Waals surface area contributed by atoms with Crippen molar-refractivity contribution in [3.63, 3.8) is 0 Å². The molecule has 1 aliphatic rings. The third-order valence-corrected chi connectivity index (χ3v) is 6.26. The number of nitrogens with zero attached hydrogens (tertiary/aromatic N) is 5. The molecule has 0 saturated carbocycles. The molecule has 0 spiro atoms. The Morgan fingerprint density at radius 1 is 1.14 bits per heavy atom. The van der Waals surface area contributed by atoms with E-state index in [2.05, 4.69) is 26.9 Å². The molecule has 0 aliphatic carbocycles. The SMILES string of the molecule is COc1cccc([C@@H](c2sc3nc(C)nn3c2O)N2CCN(C)CC2)c1OC. The van der Waals surface area contributed by atoms with Gasteiger partial charge in [0.15, 0.2) is 11.5 Å². The van der Waals surface area contributed by atoms with Gasteiger partial charge in [0, 0.05) is 31.7 Å². The van der Waals surface area contributed by atoms with E-state index in [0.717, 1.165) is 36.6 Å². The zero-order valence-electron chi connectivity index (χ0n) is 16.5. The Morgan fingerprint density at radius 3 is 2.54 bits per heavy atom. The molecule has 28 heavy (non-hydrogen) atoms. The first-order chi connectivity index (χ1) is 13.5. The van der Waals surface area contributed by atoms with E-state index < -0.39 is 0 Å². The molecule has 1 aliphatic heterocycles. The molecule has 0 amide bonds. The number of hydrogen-bond acceptors (Lipinski definition) is 8. The smallest absolute Gasteiger partial charge is 0.230 e. The van der Waals surface area contributed by atoms with Gasteiger partial charge in [-0.2, -0.15) is 4.52 Å². The number of likely N-dealkylation sites (N-methyl/N-ethyl adjacent to an activating group) is 1. The Bertz CT molecular complexity index is 978.